The first kappa shape index (κ1) is 61.1. The molecule has 7 amide bonds. The maximum absolute atomic E-state index is 14.5. The Morgan fingerprint density at radius 3 is 2.25 bits per heavy atom. The van der Waals surface area contributed by atoms with Crippen LogP contribution in [0.15, 0.2) is 24.3 Å². The fourth-order valence-electron chi connectivity index (χ4n) is 10.6. The first-order valence-corrected chi connectivity index (χ1v) is 27.4. The van der Waals surface area contributed by atoms with Gasteiger partial charge in [-0.25, -0.2) is 4.39 Å². The second-order valence-corrected chi connectivity index (χ2v) is 23.3. The number of carbonyl (C=O) groups is 8. The van der Waals surface area contributed by atoms with Crippen LogP contribution in [0.5, 0.6) is 0 Å². The summed E-state index contributed by atoms with van der Waals surface area (Å²) in [6.07, 6.45) is 5.92. The molecule has 0 aromatic heterocycles. The smallest absolute Gasteiger partial charge is 0.243 e. The normalized spacial score (nSPS) is 20.3. The molecule has 2 heterocycles. The zero-order valence-corrected chi connectivity index (χ0v) is 46.2. The lowest BCUT2D eigenvalue weighted by Gasteiger charge is -2.39. The number of likely N-dealkylation sites (N-methyl/N-ethyl adjacent to an activating group) is 2. The van der Waals surface area contributed by atoms with Gasteiger partial charge in [0.2, 0.25) is 41.4 Å². The van der Waals surface area contributed by atoms with Crippen molar-refractivity contribution in [2.45, 2.75) is 179 Å². The number of rotatable bonds is 31. The summed E-state index contributed by atoms with van der Waals surface area (Å²) in [5.41, 5.74) is 6.00. The fraction of sp³-hybridized carbons (Fsp3) is 0.741. The second-order valence-electron chi connectivity index (χ2n) is 21.9. The van der Waals surface area contributed by atoms with Gasteiger partial charge in [0, 0.05) is 66.2 Å². The van der Waals surface area contributed by atoms with Crippen LogP contribution in [0.3, 0.4) is 0 Å². The Bertz CT molecular complexity index is 2070. The highest BCUT2D eigenvalue weighted by Crippen LogP contribution is 2.56. The Hall–Kier alpha value is -4.46. The van der Waals surface area contributed by atoms with Crippen molar-refractivity contribution in [1.29, 1.82) is 0 Å². The molecule has 4 N–H and O–H groups in total. The Morgan fingerprint density at radius 2 is 1.66 bits per heavy atom. The molecule has 2 unspecified atom stereocenters. The fourth-order valence-corrected chi connectivity index (χ4v) is 11.7. The average Bonchev–Trinajstić information content (AvgIpc) is 3.92. The first-order valence-electron chi connectivity index (χ1n) is 26.3. The van der Waals surface area contributed by atoms with Gasteiger partial charge < -0.3 is 45.3 Å². The Labute approximate surface area is 437 Å². The SMILES string of the molecule is CC[C@H](C)[C@@H](C(CC(=O)N1CC2(CC2)C[C@H]1[C@H](OC)[C@@H](C)C(=O)N[C@H](C=O)Cc1ccccc1F)OC)N(C)C(=O)CNC(=O)[C@H](C(C)C)N(C)C(=O)CCCCCN1C(=O)CC(SCCCC(C)(C)N)C1=O. The standard InChI is InChI=1S/C54H86FN7O10S/c1-12-35(4)48(41(71-10)28-44(65)62-33-54(23-24-54)30-40(62)49(72-11)36(5)50(68)58-38(32-63)27-37-19-15-16-20-39(37)55)60(9)46(67)31-57-51(69)47(34(2)3)59(8)43(64)21-14-13-17-25-61-45(66)29-42(52(61)70)73-26-18-22-53(6,7)56/h15-16,19-20,32,34-36,38,40-42,47-49H,12-14,17-18,21-31,33,56H2,1-11H3,(H,57,69)(H,58,68)/t35-,36+,38-,40-,41?,42?,47-,48-,49+/m0/s1. The maximum Gasteiger partial charge on any atom is 0.243 e. The van der Waals surface area contributed by atoms with Crippen molar-refractivity contribution >= 4 is 59.4 Å². The molecule has 0 radical (unpaired) electrons. The van der Waals surface area contributed by atoms with E-state index in [1.807, 2.05) is 41.5 Å². The van der Waals surface area contributed by atoms with E-state index in [0.29, 0.717) is 57.0 Å². The molecule has 17 nitrogen and oxygen atoms in total. The van der Waals surface area contributed by atoms with Crippen molar-refractivity contribution < 1.29 is 52.2 Å². The van der Waals surface area contributed by atoms with Gasteiger partial charge in [-0.05, 0) is 93.4 Å². The third kappa shape index (κ3) is 17.0. The first-order chi connectivity index (χ1) is 34.4. The zero-order valence-electron chi connectivity index (χ0n) is 45.4. The van der Waals surface area contributed by atoms with Crippen molar-refractivity contribution in [2.24, 2.45) is 28.9 Å². The third-order valence-corrected chi connectivity index (χ3v) is 16.6. The number of aldehydes is 1. The molecular weight excluding hydrogens is 958 g/mol. The second kappa shape index (κ2) is 27.9. The summed E-state index contributed by atoms with van der Waals surface area (Å²) in [6.45, 7) is 13.7. The number of nitrogens with two attached hydrogens (primary N) is 1. The predicted octanol–water partition coefficient (Wildman–Crippen LogP) is 4.90. The van der Waals surface area contributed by atoms with Gasteiger partial charge in [0.1, 0.15) is 18.1 Å². The van der Waals surface area contributed by atoms with Gasteiger partial charge in [0.15, 0.2) is 0 Å². The minimum atomic E-state index is -0.970. The van der Waals surface area contributed by atoms with Crippen LogP contribution in [-0.2, 0) is 54.3 Å². The van der Waals surface area contributed by atoms with Gasteiger partial charge in [-0.3, -0.25) is 38.5 Å². The van der Waals surface area contributed by atoms with Crippen LogP contribution < -0.4 is 16.4 Å². The number of carbonyl (C=O) groups excluding carboxylic acids is 8. The number of hydrogen-bond acceptors (Lipinski definition) is 12. The minimum Gasteiger partial charge on any atom is -0.379 e. The van der Waals surface area contributed by atoms with E-state index in [2.05, 4.69) is 10.6 Å². The Balaban J connectivity index is 1.31. The van der Waals surface area contributed by atoms with Crippen molar-refractivity contribution in [1.82, 2.24) is 30.2 Å². The molecule has 2 aliphatic heterocycles. The summed E-state index contributed by atoms with van der Waals surface area (Å²) in [5.74, 6) is -3.01. The number of hydrogen-bond donors (Lipinski definition) is 3. The number of ether oxygens (including phenoxy) is 2. The largest absolute Gasteiger partial charge is 0.379 e. The van der Waals surface area contributed by atoms with Gasteiger partial charge in [0.25, 0.3) is 0 Å². The summed E-state index contributed by atoms with van der Waals surface area (Å²) >= 11 is 1.51. The lowest BCUT2D eigenvalue weighted by Crippen LogP contribution is -2.56. The van der Waals surface area contributed by atoms with Crippen LogP contribution >= 0.6 is 11.8 Å². The van der Waals surface area contributed by atoms with E-state index in [1.54, 1.807) is 44.1 Å². The molecule has 1 aromatic rings. The summed E-state index contributed by atoms with van der Waals surface area (Å²) in [5, 5.41) is 5.15. The summed E-state index contributed by atoms with van der Waals surface area (Å²) in [4.78, 5) is 113. The third-order valence-electron chi connectivity index (χ3n) is 15.3. The number of thioether (sulfide) groups is 1. The number of unbranched alkanes of at least 4 members (excludes halogenated alkanes) is 2. The minimum absolute atomic E-state index is 0.0189. The Kier molecular flexibility index (Phi) is 23.3. The monoisotopic (exact) mass is 1040 g/mol. The van der Waals surface area contributed by atoms with Gasteiger partial charge in [-0.1, -0.05) is 65.7 Å². The van der Waals surface area contributed by atoms with Crippen molar-refractivity contribution in [2.75, 3.05) is 53.7 Å². The molecule has 19 heteroatoms. The predicted molar refractivity (Wildman–Crippen MR) is 279 cm³/mol. The number of methoxy groups -OCH3 is 2. The highest BCUT2D eigenvalue weighted by molar-refractivity contribution is 8.00. The molecule has 2 saturated heterocycles. The number of likely N-dealkylation sites (tertiary alicyclic amines) is 2. The number of amides is 7. The van der Waals surface area contributed by atoms with Crippen LogP contribution in [0.2, 0.25) is 0 Å². The van der Waals surface area contributed by atoms with Crippen molar-refractivity contribution in [3.8, 4) is 0 Å². The Morgan fingerprint density at radius 1 is 0.973 bits per heavy atom. The molecule has 3 aliphatic rings. The molecule has 1 aliphatic carbocycles. The van der Waals surface area contributed by atoms with Crippen LogP contribution in [0, 0.1) is 29.0 Å². The van der Waals surface area contributed by atoms with E-state index in [1.165, 1.54) is 46.7 Å². The van der Waals surface area contributed by atoms with Gasteiger partial charge in [-0.2, -0.15) is 0 Å². The molecule has 410 valence electrons. The van der Waals surface area contributed by atoms with E-state index in [4.69, 9.17) is 15.2 Å². The molecule has 9 atom stereocenters. The summed E-state index contributed by atoms with van der Waals surface area (Å²) in [6, 6.07) is 3.23. The molecule has 1 aromatic carbocycles. The molecule has 1 spiro atoms. The van der Waals surface area contributed by atoms with E-state index in [9.17, 15) is 42.7 Å². The number of nitrogens with zero attached hydrogens (tertiary/aromatic N) is 4. The molecule has 0 bridgehead atoms. The van der Waals surface area contributed by atoms with Gasteiger partial charge in [-0.15, -0.1) is 11.8 Å². The van der Waals surface area contributed by atoms with Gasteiger partial charge in [0.05, 0.1) is 54.5 Å². The molecule has 4 rings (SSSR count). The number of halogens is 1. The van der Waals surface area contributed by atoms with Crippen LogP contribution in [0.25, 0.3) is 0 Å². The van der Waals surface area contributed by atoms with Crippen LogP contribution in [0.4, 0.5) is 4.39 Å². The van der Waals surface area contributed by atoms with Crippen molar-refractivity contribution in [3.05, 3.63) is 35.6 Å². The van der Waals surface area contributed by atoms with E-state index in [0.717, 1.165) is 31.4 Å². The van der Waals surface area contributed by atoms with Crippen LogP contribution in [-0.4, -0.2) is 168 Å². The van der Waals surface area contributed by atoms with Gasteiger partial charge >= 0.3 is 0 Å². The molecule has 73 heavy (non-hydrogen) atoms. The average molecular weight is 1040 g/mol. The van der Waals surface area contributed by atoms with Crippen LogP contribution in [0.1, 0.15) is 131 Å². The summed E-state index contributed by atoms with van der Waals surface area (Å²) < 4.78 is 26.4. The maximum atomic E-state index is 14.5. The van der Waals surface area contributed by atoms with E-state index < -0.39 is 65.8 Å². The lowest BCUT2D eigenvalue weighted by molar-refractivity contribution is -0.146. The number of nitrogens with one attached hydrogen (secondary N) is 2. The van der Waals surface area contributed by atoms with Crippen molar-refractivity contribution in [3.63, 3.8) is 0 Å². The summed E-state index contributed by atoms with van der Waals surface area (Å²) in [7, 11) is 6.21. The van der Waals surface area contributed by atoms with E-state index in [-0.39, 0.29) is 83.9 Å². The quantitative estimate of drug-likeness (QED) is 0.0514. The zero-order chi connectivity index (χ0) is 54.4. The highest BCUT2D eigenvalue weighted by atomic mass is 32.2. The van der Waals surface area contributed by atoms with E-state index >= 15 is 0 Å². The topological polar surface area (TPSA) is 218 Å². The molecular formula is C54H86FN7O10S. The molecule has 3 fully saturated rings. The lowest BCUT2D eigenvalue weighted by atomic mass is 9.90. The highest BCUT2D eigenvalue weighted by Gasteiger charge is 2.56. The number of imide groups is 1. The number of benzene rings is 1. The molecule has 1 saturated carbocycles.